The molecule has 1 N–H and O–H groups in total. The topological polar surface area (TPSA) is 74.2 Å². The van der Waals surface area contributed by atoms with Gasteiger partial charge in [-0.15, -0.1) is 0 Å². The first-order valence-corrected chi connectivity index (χ1v) is 10.8. The zero-order valence-corrected chi connectivity index (χ0v) is 18.1. The first-order chi connectivity index (χ1) is 16.1. The number of fused-ring (bicyclic) bond motifs is 1. The molecule has 2 heterocycles. The minimum Gasteiger partial charge on any atom is -0.497 e. The number of aliphatic carboxylic acids is 1. The van der Waals surface area contributed by atoms with Gasteiger partial charge >= 0.3 is 5.97 Å². The molecule has 2 aliphatic rings. The fourth-order valence-corrected chi connectivity index (χ4v) is 4.51. The molecule has 0 amide bonds. The van der Waals surface area contributed by atoms with Crippen LogP contribution in [0, 0.1) is 5.92 Å². The van der Waals surface area contributed by atoms with E-state index in [4.69, 9.17) is 18.9 Å². The van der Waals surface area contributed by atoms with Gasteiger partial charge in [0.05, 0.1) is 7.11 Å². The maximum Gasteiger partial charge on any atom is 0.311 e. The van der Waals surface area contributed by atoms with Gasteiger partial charge in [-0.05, 0) is 29.3 Å². The maximum atomic E-state index is 12.6. The molecule has 0 radical (unpaired) electrons. The predicted octanol–water partition coefficient (Wildman–Crippen LogP) is 4.75. The first kappa shape index (κ1) is 20.9. The van der Waals surface area contributed by atoms with Gasteiger partial charge in [-0.2, -0.15) is 0 Å². The second-order valence-corrected chi connectivity index (χ2v) is 8.08. The summed E-state index contributed by atoms with van der Waals surface area (Å²) in [4.78, 5) is 12.6. The second kappa shape index (κ2) is 8.90. The van der Waals surface area contributed by atoms with Crippen LogP contribution in [-0.4, -0.2) is 30.6 Å². The van der Waals surface area contributed by atoms with E-state index in [1.165, 1.54) is 6.26 Å². The molecule has 0 fully saturated rings. The molecule has 168 valence electrons. The molecule has 0 saturated carbocycles. The third-order valence-electron chi connectivity index (χ3n) is 6.08. The Balaban J connectivity index is 1.47. The fourth-order valence-electron chi connectivity index (χ4n) is 4.51. The zero-order chi connectivity index (χ0) is 22.8. The lowest BCUT2D eigenvalue weighted by Gasteiger charge is -2.37. The van der Waals surface area contributed by atoms with Crippen LogP contribution in [0.15, 0.2) is 90.9 Å². The number of para-hydroxylation sites is 1. The molecule has 4 unspecified atom stereocenters. The SMILES string of the molecule is COc1ccc(C2c3ccccc3OC(C3=COC(Cc4ccccc4)O3)C2C(=O)O)cc1. The summed E-state index contributed by atoms with van der Waals surface area (Å²) in [6, 6.07) is 24.9. The Morgan fingerprint density at radius 2 is 1.67 bits per heavy atom. The van der Waals surface area contributed by atoms with Gasteiger partial charge in [-0.3, -0.25) is 4.79 Å². The number of benzene rings is 3. The highest BCUT2D eigenvalue weighted by molar-refractivity contribution is 5.75. The number of rotatable bonds is 6. The van der Waals surface area contributed by atoms with Crippen molar-refractivity contribution in [1.29, 1.82) is 0 Å². The monoisotopic (exact) mass is 444 g/mol. The van der Waals surface area contributed by atoms with Crippen LogP contribution in [-0.2, 0) is 20.7 Å². The Labute approximate surface area is 192 Å². The molecule has 33 heavy (non-hydrogen) atoms. The number of ether oxygens (including phenoxy) is 4. The Morgan fingerprint density at radius 3 is 2.39 bits per heavy atom. The predicted molar refractivity (Wildman–Crippen MR) is 121 cm³/mol. The van der Waals surface area contributed by atoms with Crippen molar-refractivity contribution < 1.29 is 28.8 Å². The standard InChI is InChI=1S/C27H24O6/c1-30-19-13-11-18(12-14-19)24-20-9-5-6-10-21(20)33-26(25(24)27(28)29)22-16-31-23(32-22)15-17-7-3-2-4-8-17/h2-14,16,23-26H,15H2,1H3,(H,28,29). The van der Waals surface area contributed by atoms with Gasteiger partial charge in [0, 0.05) is 17.9 Å². The quantitative estimate of drug-likeness (QED) is 0.592. The molecule has 0 aromatic heterocycles. The fraction of sp³-hybridized carbons (Fsp3) is 0.222. The zero-order valence-electron chi connectivity index (χ0n) is 18.1. The van der Waals surface area contributed by atoms with E-state index < -0.39 is 30.2 Å². The third kappa shape index (κ3) is 4.12. The van der Waals surface area contributed by atoms with Crippen LogP contribution in [0.1, 0.15) is 22.6 Å². The van der Waals surface area contributed by atoms with E-state index in [0.717, 1.165) is 16.7 Å². The van der Waals surface area contributed by atoms with E-state index in [-0.39, 0.29) is 0 Å². The van der Waals surface area contributed by atoms with Gasteiger partial charge in [0.1, 0.15) is 23.7 Å². The summed E-state index contributed by atoms with van der Waals surface area (Å²) in [5.74, 6) is -0.569. The van der Waals surface area contributed by atoms with Crippen LogP contribution in [0.4, 0.5) is 0 Å². The molecular weight excluding hydrogens is 420 g/mol. The molecule has 2 aliphatic heterocycles. The molecule has 0 spiro atoms. The van der Waals surface area contributed by atoms with E-state index in [9.17, 15) is 9.90 Å². The lowest BCUT2D eigenvalue weighted by molar-refractivity contribution is -0.147. The Hall–Kier alpha value is -3.93. The lowest BCUT2D eigenvalue weighted by atomic mass is 9.75. The van der Waals surface area contributed by atoms with Gasteiger partial charge in [0.2, 0.25) is 6.29 Å². The summed E-state index contributed by atoms with van der Waals surface area (Å²) in [6.07, 6.45) is 0.680. The molecule has 5 rings (SSSR count). The van der Waals surface area contributed by atoms with E-state index in [1.807, 2.05) is 78.9 Å². The molecule has 3 aromatic carbocycles. The van der Waals surface area contributed by atoms with Crippen LogP contribution >= 0.6 is 0 Å². The molecule has 4 atom stereocenters. The van der Waals surface area contributed by atoms with Crippen LogP contribution < -0.4 is 9.47 Å². The van der Waals surface area contributed by atoms with Crippen molar-refractivity contribution in [2.45, 2.75) is 24.7 Å². The Morgan fingerprint density at radius 1 is 0.939 bits per heavy atom. The highest BCUT2D eigenvalue weighted by Crippen LogP contribution is 2.47. The number of carboxylic acid groups (broad SMARTS) is 1. The van der Waals surface area contributed by atoms with E-state index >= 15 is 0 Å². The molecule has 0 aliphatic carbocycles. The van der Waals surface area contributed by atoms with Crippen molar-refractivity contribution in [3.8, 4) is 11.5 Å². The smallest absolute Gasteiger partial charge is 0.311 e. The van der Waals surface area contributed by atoms with E-state index in [0.29, 0.717) is 23.7 Å². The minimum absolute atomic E-state index is 0.386. The van der Waals surface area contributed by atoms with Crippen LogP contribution in [0.5, 0.6) is 11.5 Å². The second-order valence-electron chi connectivity index (χ2n) is 8.08. The largest absolute Gasteiger partial charge is 0.497 e. The number of hydrogen-bond donors (Lipinski definition) is 1. The first-order valence-electron chi connectivity index (χ1n) is 10.8. The van der Waals surface area contributed by atoms with Gasteiger partial charge in [-0.25, -0.2) is 0 Å². The van der Waals surface area contributed by atoms with Gasteiger partial charge in [0.25, 0.3) is 0 Å². The summed E-state index contributed by atoms with van der Waals surface area (Å²) in [6.45, 7) is 0. The van der Waals surface area contributed by atoms with Crippen molar-refractivity contribution in [1.82, 2.24) is 0 Å². The van der Waals surface area contributed by atoms with Gasteiger partial charge in [-0.1, -0.05) is 60.7 Å². The summed E-state index contributed by atoms with van der Waals surface area (Å²) < 4.78 is 23.3. The molecule has 6 nitrogen and oxygen atoms in total. The Bertz CT molecular complexity index is 1150. The van der Waals surface area contributed by atoms with Crippen LogP contribution in [0.3, 0.4) is 0 Å². The average molecular weight is 444 g/mol. The Kier molecular flexibility index (Phi) is 5.65. The molecule has 6 heteroatoms. The number of methoxy groups -OCH3 is 1. The van der Waals surface area contributed by atoms with Crippen LogP contribution in [0.25, 0.3) is 0 Å². The summed E-state index contributed by atoms with van der Waals surface area (Å²) in [5, 5.41) is 10.3. The third-order valence-corrected chi connectivity index (χ3v) is 6.08. The lowest BCUT2D eigenvalue weighted by Crippen LogP contribution is -2.43. The minimum atomic E-state index is -0.966. The van der Waals surface area contributed by atoms with Crippen molar-refractivity contribution in [3.63, 3.8) is 0 Å². The molecular formula is C27H24O6. The van der Waals surface area contributed by atoms with Gasteiger partial charge in [0.15, 0.2) is 11.9 Å². The van der Waals surface area contributed by atoms with Crippen LogP contribution in [0.2, 0.25) is 0 Å². The number of hydrogen-bond acceptors (Lipinski definition) is 5. The van der Waals surface area contributed by atoms with Crippen molar-refractivity contribution in [2.75, 3.05) is 7.11 Å². The molecule has 3 aromatic rings. The van der Waals surface area contributed by atoms with Crippen molar-refractivity contribution in [3.05, 3.63) is 108 Å². The summed E-state index contributed by atoms with van der Waals surface area (Å²) >= 11 is 0. The molecule has 0 saturated heterocycles. The highest BCUT2D eigenvalue weighted by Gasteiger charge is 2.47. The van der Waals surface area contributed by atoms with Gasteiger partial charge < -0.3 is 24.1 Å². The normalized spacial score (nSPS) is 23.4. The number of carboxylic acids is 1. The number of carbonyl (C=O) groups is 1. The van der Waals surface area contributed by atoms with Crippen molar-refractivity contribution in [2.24, 2.45) is 5.92 Å². The summed E-state index contributed by atoms with van der Waals surface area (Å²) in [7, 11) is 1.60. The summed E-state index contributed by atoms with van der Waals surface area (Å²) in [5.41, 5.74) is 2.76. The highest BCUT2D eigenvalue weighted by atomic mass is 16.7. The van der Waals surface area contributed by atoms with E-state index in [1.54, 1.807) is 7.11 Å². The average Bonchev–Trinajstić information content (AvgIpc) is 3.31. The maximum absolute atomic E-state index is 12.6. The molecule has 0 bridgehead atoms. The van der Waals surface area contributed by atoms with Crippen molar-refractivity contribution >= 4 is 5.97 Å². The van der Waals surface area contributed by atoms with E-state index in [2.05, 4.69) is 0 Å².